The zero-order chi connectivity index (χ0) is 17.4. The van der Waals surface area contributed by atoms with Crippen LogP contribution in [0.4, 0.5) is 0 Å². The third-order valence-corrected chi connectivity index (χ3v) is 5.03. The van der Waals surface area contributed by atoms with E-state index in [0.29, 0.717) is 10.9 Å². The van der Waals surface area contributed by atoms with E-state index < -0.39 is 0 Å². The van der Waals surface area contributed by atoms with Gasteiger partial charge in [-0.3, -0.25) is 9.78 Å². The number of thiophene rings is 1. The predicted octanol–water partition coefficient (Wildman–Crippen LogP) is 3.60. The highest BCUT2D eigenvalue weighted by Gasteiger charge is 2.17. The molecule has 6 heteroatoms. The van der Waals surface area contributed by atoms with Crippen LogP contribution in [0.15, 0.2) is 59.0 Å². The summed E-state index contributed by atoms with van der Waals surface area (Å²) in [6.07, 6.45) is 3.42. The number of aryl methyl sites for hydroxylation is 1. The Labute approximate surface area is 147 Å². The number of aromatic nitrogens is 3. The molecule has 0 aliphatic heterocycles. The summed E-state index contributed by atoms with van der Waals surface area (Å²) >= 11 is 1.50. The Morgan fingerprint density at radius 2 is 1.80 bits per heavy atom. The van der Waals surface area contributed by atoms with Gasteiger partial charge >= 0.3 is 0 Å². The highest BCUT2D eigenvalue weighted by molar-refractivity contribution is 7.18. The van der Waals surface area contributed by atoms with Crippen molar-refractivity contribution >= 4 is 21.4 Å². The zero-order valence-corrected chi connectivity index (χ0v) is 14.1. The van der Waals surface area contributed by atoms with E-state index in [0.717, 1.165) is 27.1 Å². The molecule has 0 unspecified atom stereocenters. The van der Waals surface area contributed by atoms with Crippen molar-refractivity contribution in [3.63, 3.8) is 0 Å². The van der Waals surface area contributed by atoms with Crippen molar-refractivity contribution in [3.8, 4) is 28.5 Å². The summed E-state index contributed by atoms with van der Waals surface area (Å²) in [4.78, 5) is 16.8. The third kappa shape index (κ3) is 2.51. The van der Waals surface area contributed by atoms with E-state index in [9.17, 15) is 4.79 Å². The van der Waals surface area contributed by atoms with Gasteiger partial charge in [-0.2, -0.15) is 10.4 Å². The maximum Gasteiger partial charge on any atom is 0.275 e. The Hall–Kier alpha value is -3.30. The maximum atomic E-state index is 12.7. The van der Waals surface area contributed by atoms with Crippen LogP contribution >= 0.6 is 11.3 Å². The standard InChI is InChI=1S/C19H12N4OS/c1-23-19(24)16-15(13-4-2-12(10-20)3-5-13)11-25-18(16)17(22-23)14-6-8-21-9-7-14/h2-9,11H,1H3. The molecule has 0 N–H and O–H groups in total. The third-order valence-electron chi connectivity index (χ3n) is 4.04. The van der Waals surface area contributed by atoms with Crippen LogP contribution in [0.25, 0.3) is 32.5 Å². The normalized spacial score (nSPS) is 10.7. The van der Waals surface area contributed by atoms with Crippen molar-refractivity contribution in [3.05, 3.63) is 70.1 Å². The second-order valence-corrected chi connectivity index (χ2v) is 6.44. The summed E-state index contributed by atoms with van der Waals surface area (Å²) in [6, 6.07) is 13.1. The fraction of sp³-hybridized carbons (Fsp3) is 0.0526. The summed E-state index contributed by atoms with van der Waals surface area (Å²) < 4.78 is 2.23. The van der Waals surface area contributed by atoms with Crippen molar-refractivity contribution in [1.29, 1.82) is 5.26 Å². The van der Waals surface area contributed by atoms with E-state index in [1.165, 1.54) is 16.0 Å². The van der Waals surface area contributed by atoms with Gasteiger partial charge in [0, 0.05) is 35.9 Å². The summed E-state index contributed by atoms with van der Waals surface area (Å²) in [7, 11) is 1.66. The molecule has 0 amide bonds. The fourth-order valence-electron chi connectivity index (χ4n) is 2.78. The molecular weight excluding hydrogens is 332 g/mol. The largest absolute Gasteiger partial charge is 0.275 e. The Bertz CT molecular complexity index is 1170. The van der Waals surface area contributed by atoms with Crippen molar-refractivity contribution < 1.29 is 0 Å². The van der Waals surface area contributed by atoms with Crippen molar-refractivity contribution in [2.75, 3.05) is 0 Å². The minimum absolute atomic E-state index is 0.131. The summed E-state index contributed by atoms with van der Waals surface area (Å²) in [5.74, 6) is 0. The Morgan fingerprint density at radius 1 is 1.08 bits per heavy atom. The highest BCUT2D eigenvalue weighted by atomic mass is 32.1. The van der Waals surface area contributed by atoms with E-state index >= 15 is 0 Å². The van der Waals surface area contributed by atoms with Crippen molar-refractivity contribution in [1.82, 2.24) is 14.8 Å². The Balaban J connectivity index is 2.01. The topological polar surface area (TPSA) is 71.6 Å². The van der Waals surface area contributed by atoms with Crippen LogP contribution in [0.5, 0.6) is 0 Å². The first kappa shape index (κ1) is 15.2. The van der Waals surface area contributed by atoms with Crippen molar-refractivity contribution in [2.45, 2.75) is 0 Å². The van der Waals surface area contributed by atoms with Crippen molar-refractivity contribution in [2.24, 2.45) is 7.05 Å². The summed E-state index contributed by atoms with van der Waals surface area (Å²) in [5.41, 5.74) is 3.92. The molecule has 1 aromatic carbocycles. The second kappa shape index (κ2) is 5.96. The molecule has 5 nitrogen and oxygen atoms in total. The van der Waals surface area contributed by atoms with Crippen LogP contribution in [0.2, 0.25) is 0 Å². The Morgan fingerprint density at radius 3 is 2.48 bits per heavy atom. The lowest BCUT2D eigenvalue weighted by atomic mass is 10.0. The highest BCUT2D eigenvalue weighted by Crippen LogP contribution is 2.36. The molecule has 0 fully saturated rings. The predicted molar refractivity (Wildman–Crippen MR) is 98.2 cm³/mol. The van der Waals surface area contributed by atoms with Gasteiger partial charge in [-0.25, -0.2) is 4.68 Å². The number of pyridine rings is 1. The van der Waals surface area contributed by atoms with Gasteiger partial charge in [0.05, 0.1) is 21.7 Å². The monoisotopic (exact) mass is 344 g/mol. The van der Waals surface area contributed by atoms with E-state index in [4.69, 9.17) is 5.26 Å². The van der Waals surface area contributed by atoms with Gasteiger partial charge in [0.2, 0.25) is 0 Å². The summed E-state index contributed by atoms with van der Waals surface area (Å²) in [6.45, 7) is 0. The van der Waals surface area contributed by atoms with Crippen LogP contribution in [-0.4, -0.2) is 14.8 Å². The average Bonchev–Trinajstić information content (AvgIpc) is 3.11. The maximum absolute atomic E-state index is 12.7. The van der Waals surface area contributed by atoms with Gasteiger partial charge in [0.15, 0.2) is 0 Å². The average molecular weight is 344 g/mol. The first-order valence-corrected chi connectivity index (χ1v) is 8.46. The number of rotatable bonds is 2. The van der Waals surface area contributed by atoms with Crippen LogP contribution in [0.3, 0.4) is 0 Å². The zero-order valence-electron chi connectivity index (χ0n) is 13.3. The first-order valence-electron chi connectivity index (χ1n) is 7.58. The number of fused-ring (bicyclic) bond motifs is 1. The minimum Gasteiger partial charge on any atom is -0.267 e. The Kier molecular flexibility index (Phi) is 3.64. The molecule has 0 spiro atoms. The molecule has 3 heterocycles. The van der Waals surface area contributed by atoms with Crippen LogP contribution < -0.4 is 5.56 Å². The number of nitriles is 1. The molecule has 0 radical (unpaired) electrons. The fourth-order valence-corrected chi connectivity index (χ4v) is 3.86. The number of nitrogens with zero attached hydrogens (tertiary/aromatic N) is 4. The minimum atomic E-state index is -0.131. The molecule has 0 aliphatic carbocycles. The molecule has 4 rings (SSSR count). The van der Waals surface area contributed by atoms with Crippen LogP contribution in [0.1, 0.15) is 5.56 Å². The SMILES string of the molecule is Cn1nc(-c2ccncc2)c2scc(-c3ccc(C#N)cc3)c2c1=O. The molecule has 0 bridgehead atoms. The molecule has 0 atom stereocenters. The van der Waals surface area contributed by atoms with Gasteiger partial charge in [-0.05, 0) is 29.8 Å². The lowest BCUT2D eigenvalue weighted by molar-refractivity contribution is 0.723. The van der Waals surface area contributed by atoms with E-state index in [2.05, 4.69) is 16.2 Å². The van der Waals surface area contributed by atoms with Gasteiger partial charge in [0.25, 0.3) is 5.56 Å². The molecule has 0 aliphatic rings. The summed E-state index contributed by atoms with van der Waals surface area (Å²) in [5, 5.41) is 16.0. The molecule has 120 valence electrons. The second-order valence-electron chi connectivity index (χ2n) is 5.56. The molecule has 25 heavy (non-hydrogen) atoms. The molecule has 4 aromatic rings. The molecule has 0 saturated heterocycles. The van der Waals surface area contributed by atoms with Gasteiger partial charge in [-0.1, -0.05) is 12.1 Å². The molecule has 0 saturated carbocycles. The molecule has 3 aromatic heterocycles. The number of hydrogen-bond acceptors (Lipinski definition) is 5. The van der Waals surface area contributed by atoms with Crippen LogP contribution in [-0.2, 0) is 7.05 Å². The van der Waals surface area contributed by atoms with E-state index in [-0.39, 0.29) is 5.56 Å². The molecular formula is C19H12N4OS. The lowest BCUT2D eigenvalue weighted by Gasteiger charge is -2.06. The number of benzene rings is 1. The first-order chi connectivity index (χ1) is 12.2. The van der Waals surface area contributed by atoms with Crippen LogP contribution in [0, 0.1) is 11.3 Å². The van der Waals surface area contributed by atoms with E-state index in [1.807, 2.05) is 29.6 Å². The van der Waals surface area contributed by atoms with E-state index in [1.54, 1.807) is 31.6 Å². The van der Waals surface area contributed by atoms with Gasteiger partial charge < -0.3 is 0 Å². The smallest absolute Gasteiger partial charge is 0.267 e. The number of hydrogen-bond donors (Lipinski definition) is 0. The van der Waals surface area contributed by atoms with Gasteiger partial charge in [0.1, 0.15) is 5.69 Å². The lowest BCUT2D eigenvalue weighted by Crippen LogP contribution is -2.20. The quantitative estimate of drug-likeness (QED) is 0.557. The van der Waals surface area contributed by atoms with Gasteiger partial charge in [-0.15, -0.1) is 11.3 Å².